The fourth-order valence-electron chi connectivity index (χ4n) is 6.30. The molecule has 0 bridgehead atoms. The molecule has 2 aliphatic rings. The molecule has 2 N–H and O–H groups in total. The van der Waals surface area contributed by atoms with Crippen LogP contribution in [-0.4, -0.2) is 57.7 Å². The second kappa shape index (κ2) is 15.6. The maximum absolute atomic E-state index is 13.3. The van der Waals surface area contributed by atoms with Gasteiger partial charge in [-0.05, 0) is 73.9 Å². The van der Waals surface area contributed by atoms with E-state index in [-0.39, 0.29) is 34.9 Å². The number of sulfonamides is 1. The molecule has 1 saturated heterocycles. The van der Waals surface area contributed by atoms with Crippen LogP contribution in [-0.2, 0) is 26.1 Å². The number of likely N-dealkylation sites (tertiary alicyclic amines) is 1. The summed E-state index contributed by atoms with van der Waals surface area (Å²) in [6.07, 6.45) is 12.5. The average Bonchev–Trinajstić information content (AvgIpc) is 2.99. The number of amides is 1. The van der Waals surface area contributed by atoms with E-state index in [2.05, 4.69) is 21.9 Å². The Bertz CT molecular complexity index is 1320. The van der Waals surface area contributed by atoms with Gasteiger partial charge in [0.05, 0.1) is 13.4 Å². The van der Waals surface area contributed by atoms with Crippen LogP contribution < -0.4 is 14.8 Å². The van der Waals surface area contributed by atoms with Gasteiger partial charge in [-0.1, -0.05) is 51.2 Å². The van der Waals surface area contributed by atoms with Gasteiger partial charge in [0, 0.05) is 37.3 Å². The van der Waals surface area contributed by atoms with E-state index in [1.54, 1.807) is 0 Å². The number of piperidine rings is 1. The third-order valence-electron chi connectivity index (χ3n) is 8.60. The van der Waals surface area contributed by atoms with Crippen LogP contribution in [0.4, 0.5) is 5.69 Å². The Morgan fingerprint density at radius 1 is 1.00 bits per heavy atom. The molecule has 2 aromatic carbocycles. The molecule has 236 valence electrons. The normalized spacial score (nSPS) is 17.7. The average molecular weight is 614 g/mol. The summed E-state index contributed by atoms with van der Waals surface area (Å²) < 4.78 is 36.4. The molecule has 1 saturated carbocycles. The van der Waals surface area contributed by atoms with Crippen molar-refractivity contribution in [2.24, 2.45) is 11.8 Å². The topological polar surface area (TPSA) is 114 Å². The predicted molar refractivity (Wildman–Crippen MR) is 169 cm³/mol. The van der Waals surface area contributed by atoms with Gasteiger partial charge in [-0.3, -0.25) is 14.4 Å². The van der Waals surface area contributed by atoms with Gasteiger partial charge in [-0.25, -0.2) is 13.2 Å². The molecule has 1 heterocycles. The standard InChI is InChI=1S/C33H47N3O6S/c1-4-5-11-29(25-9-7-6-8-10-25)32(37)34-26-18-20-36(21-19-26)23-24-12-15-28(16-13-24)42-31-17-14-27(35-43(3,39)40)22-30(31)33(38)41-2/h12-17,22,25-26,29,35H,4-11,18-21,23H2,1-3H3,(H,34,37). The van der Waals surface area contributed by atoms with Gasteiger partial charge in [0.1, 0.15) is 17.1 Å². The molecule has 1 aliphatic carbocycles. The third-order valence-corrected chi connectivity index (χ3v) is 9.21. The van der Waals surface area contributed by atoms with Crippen LogP contribution in [0.15, 0.2) is 42.5 Å². The highest BCUT2D eigenvalue weighted by atomic mass is 32.2. The van der Waals surface area contributed by atoms with E-state index < -0.39 is 16.0 Å². The lowest BCUT2D eigenvalue weighted by atomic mass is 9.77. The van der Waals surface area contributed by atoms with E-state index >= 15 is 0 Å². The Morgan fingerprint density at radius 2 is 1.70 bits per heavy atom. The number of anilines is 1. The zero-order chi connectivity index (χ0) is 30.8. The van der Waals surface area contributed by atoms with Crippen molar-refractivity contribution in [1.29, 1.82) is 0 Å². The molecule has 10 heteroatoms. The smallest absolute Gasteiger partial charge is 0.341 e. The molecule has 9 nitrogen and oxygen atoms in total. The number of methoxy groups -OCH3 is 1. The molecule has 1 atom stereocenters. The van der Waals surface area contributed by atoms with Crippen LogP contribution >= 0.6 is 0 Å². The fraction of sp³-hybridized carbons (Fsp3) is 0.576. The molecule has 0 spiro atoms. The second-order valence-corrected chi connectivity index (χ2v) is 13.8. The number of nitrogens with zero attached hydrogens (tertiary/aromatic N) is 1. The molecule has 0 radical (unpaired) electrons. The number of rotatable bonds is 13. The number of esters is 1. The highest BCUT2D eigenvalue weighted by Gasteiger charge is 2.31. The Hall–Kier alpha value is -3.11. The van der Waals surface area contributed by atoms with Crippen LogP contribution in [0.1, 0.15) is 87.1 Å². The molecule has 4 rings (SSSR count). The molecule has 2 aromatic rings. The van der Waals surface area contributed by atoms with Crippen LogP contribution in [0.2, 0.25) is 0 Å². The number of benzene rings is 2. The van der Waals surface area contributed by atoms with Crippen LogP contribution in [0.5, 0.6) is 11.5 Å². The largest absolute Gasteiger partial charge is 0.465 e. The third kappa shape index (κ3) is 9.96. The number of unbranched alkanes of at least 4 members (excludes halogenated alkanes) is 1. The minimum atomic E-state index is -3.50. The maximum atomic E-state index is 13.3. The number of carbonyl (C=O) groups excluding carboxylic acids is 2. The number of hydrogen-bond acceptors (Lipinski definition) is 7. The minimum absolute atomic E-state index is 0.116. The molecule has 1 amide bonds. The second-order valence-electron chi connectivity index (χ2n) is 12.0. The lowest BCUT2D eigenvalue weighted by molar-refractivity contribution is -0.128. The van der Waals surface area contributed by atoms with Gasteiger partial charge in [0.15, 0.2) is 0 Å². The number of ether oxygens (including phenoxy) is 2. The van der Waals surface area contributed by atoms with E-state index in [9.17, 15) is 18.0 Å². The molecular weight excluding hydrogens is 566 g/mol. The highest BCUT2D eigenvalue weighted by molar-refractivity contribution is 7.92. The summed E-state index contributed by atoms with van der Waals surface area (Å²) in [6, 6.07) is 12.4. The summed E-state index contributed by atoms with van der Waals surface area (Å²) in [5.74, 6) is 1.19. The monoisotopic (exact) mass is 613 g/mol. The number of carbonyl (C=O) groups is 2. The Balaban J connectivity index is 1.29. The van der Waals surface area contributed by atoms with Crippen LogP contribution in [0.3, 0.4) is 0 Å². The molecular formula is C33H47N3O6S. The Kier molecular flexibility index (Phi) is 11.9. The van der Waals surface area contributed by atoms with E-state index in [4.69, 9.17) is 9.47 Å². The first-order valence-corrected chi connectivity index (χ1v) is 17.5. The molecule has 2 fully saturated rings. The highest BCUT2D eigenvalue weighted by Crippen LogP contribution is 2.33. The first-order chi connectivity index (χ1) is 20.6. The maximum Gasteiger partial charge on any atom is 0.341 e. The summed E-state index contributed by atoms with van der Waals surface area (Å²) in [4.78, 5) is 28.1. The van der Waals surface area contributed by atoms with E-state index in [1.165, 1.54) is 57.4 Å². The molecule has 0 aromatic heterocycles. The Labute approximate surface area is 256 Å². The first-order valence-electron chi connectivity index (χ1n) is 15.6. The van der Waals surface area contributed by atoms with Crippen molar-refractivity contribution in [3.63, 3.8) is 0 Å². The number of nitrogens with one attached hydrogen (secondary N) is 2. The van der Waals surface area contributed by atoms with Crippen molar-refractivity contribution in [2.45, 2.75) is 83.7 Å². The lowest BCUT2D eigenvalue weighted by Gasteiger charge is -2.35. The molecule has 43 heavy (non-hydrogen) atoms. The summed E-state index contributed by atoms with van der Waals surface area (Å²) in [7, 11) is -2.24. The quantitative estimate of drug-likeness (QED) is 0.262. The van der Waals surface area contributed by atoms with Gasteiger partial charge in [0.2, 0.25) is 15.9 Å². The van der Waals surface area contributed by atoms with Crippen molar-refractivity contribution < 1.29 is 27.5 Å². The predicted octanol–water partition coefficient (Wildman–Crippen LogP) is 6.10. The zero-order valence-electron chi connectivity index (χ0n) is 25.8. The van der Waals surface area contributed by atoms with E-state index in [1.807, 2.05) is 24.3 Å². The van der Waals surface area contributed by atoms with Gasteiger partial charge in [0.25, 0.3) is 0 Å². The Morgan fingerprint density at radius 3 is 2.33 bits per heavy atom. The van der Waals surface area contributed by atoms with E-state index in [0.717, 1.165) is 63.6 Å². The van der Waals surface area contributed by atoms with Crippen molar-refractivity contribution in [1.82, 2.24) is 10.2 Å². The van der Waals surface area contributed by atoms with Crippen molar-refractivity contribution in [2.75, 3.05) is 31.2 Å². The summed E-state index contributed by atoms with van der Waals surface area (Å²) in [6.45, 7) is 4.88. The SMILES string of the molecule is CCCCC(C(=O)NC1CCN(Cc2ccc(Oc3ccc(NS(C)(=O)=O)cc3C(=O)OC)cc2)CC1)C1CCCCC1. The van der Waals surface area contributed by atoms with Gasteiger partial charge >= 0.3 is 5.97 Å². The van der Waals surface area contributed by atoms with Crippen molar-refractivity contribution >= 4 is 27.6 Å². The van der Waals surface area contributed by atoms with Gasteiger partial charge < -0.3 is 14.8 Å². The van der Waals surface area contributed by atoms with Gasteiger partial charge in [-0.2, -0.15) is 0 Å². The minimum Gasteiger partial charge on any atom is -0.465 e. The number of hydrogen-bond donors (Lipinski definition) is 2. The first kappa shape index (κ1) is 32.8. The van der Waals surface area contributed by atoms with Crippen molar-refractivity contribution in [3.05, 3.63) is 53.6 Å². The van der Waals surface area contributed by atoms with Crippen molar-refractivity contribution in [3.8, 4) is 11.5 Å². The summed E-state index contributed by atoms with van der Waals surface area (Å²) >= 11 is 0. The van der Waals surface area contributed by atoms with Crippen LogP contribution in [0, 0.1) is 11.8 Å². The molecule has 1 aliphatic heterocycles. The van der Waals surface area contributed by atoms with Crippen LogP contribution in [0.25, 0.3) is 0 Å². The van der Waals surface area contributed by atoms with Gasteiger partial charge in [-0.15, -0.1) is 0 Å². The van der Waals surface area contributed by atoms with E-state index in [0.29, 0.717) is 11.7 Å². The lowest BCUT2D eigenvalue weighted by Crippen LogP contribution is -2.47. The zero-order valence-corrected chi connectivity index (χ0v) is 26.6. The summed E-state index contributed by atoms with van der Waals surface area (Å²) in [5.41, 5.74) is 1.51. The fourth-order valence-corrected chi connectivity index (χ4v) is 6.85. The molecule has 1 unspecified atom stereocenters. The summed E-state index contributed by atoms with van der Waals surface area (Å²) in [5, 5.41) is 3.42.